The summed E-state index contributed by atoms with van der Waals surface area (Å²) < 4.78 is 27.3. The van der Waals surface area contributed by atoms with Crippen molar-refractivity contribution < 1.29 is 17.7 Å². The number of benzene rings is 1. The molecule has 0 atom stereocenters. The molecule has 0 saturated carbocycles. The third-order valence-corrected chi connectivity index (χ3v) is 2.67. The number of hydrogen-bond donors (Lipinski definition) is 1. The van der Waals surface area contributed by atoms with Gasteiger partial charge in [-0.3, -0.25) is 4.18 Å². The maximum atomic E-state index is 11.3. The Kier molecular flexibility index (Phi) is 11.8. The fraction of sp³-hybridized carbons (Fsp3) is 0.200. The molecule has 6 heteroatoms. The van der Waals surface area contributed by atoms with Gasteiger partial charge >= 0.3 is 37.7 Å². The monoisotopic (exact) mass is 272 g/mol. The van der Waals surface area contributed by atoms with Crippen molar-refractivity contribution in [1.29, 1.82) is 0 Å². The second-order valence-electron chi connectivity index (χ2n) is 2.34. The van der Waals surface area contributed by atoms with E-state index in [1.54, 1.807) is 18.2 Å². The van der Waals surface area contributed by atoms with Crippen LogP contribution in [-0.2, 0) is 14.3 Å². The summed E-state index contributed by atoms with van der Waals surface area (Å²) in [6.45, 7) is 3.37. The Labute approximate surface area is 126 Å². The maximum absolute atomic E-state index is 11.3. The van der Waals surface area contributed by atoms with Crippen LogP contribution >= 0.6 is 0 Å². The second-order valence-corrected chi connectivity index (χ2v) is 3.96. The molecule has 16 heavy (non-hydrogen) atoms. The molecule has 0 heterocycles. The molecule has 0 amide bonds. The van der Waals surface area contributed by atoms with Crippen molar-refractivity contribution in [3.8, 4) is 0 Å². The molecule has 1 rings (SSSR count). The van der Waals surface area contributed by atoms with Crippen molar-refractivity contribution in [3.05, 3.63) is 43.0 Å². The van der Waals surface area contributed by atoms with Gasteiger partial charge in [0.1, 0.15) is 0 Å². The SMILES string of the molecule is C=CCOS(=O)(=O)c1ccccc1.CO.[CaH2]. The Morgan fingerprint density at radius 3 is 2.25 bits per heavy atom. The van der Waals surface area contributed by atoms with Crippen molar-refractivity contribution in [1.82, 2.24) is 0 Å². The van der Waals surface area contributed by atoms with Gasteiger partial charge in [-0.05, 0) is 12.1 Å². The van der Waals surface area contributed by atoms with Gasteiger partial charge in [0.2, 0.25) is 0 Å². The molecule has 4 nitrogen and oxygen atoms in total. The average molecular weight is 272 g/mol. The van der Waals surface area contributed by atoms with E-state index in [0.717, 1.165) is 7.11 Å². The summed E-state index contributed by atoms with van der Waals surface area (Å²) in [5, 5.41) is 7.00. The number of hydrogen-bond acceptors (Lipinski definition) is 4. The fourth-order valence-corrected chi connectivity index (χ4v) is 1.69. The van der Waals surface area contributed by atoms with Gasteiger partial charge in [0, 0.05) is 7.11 Å². The van der Waals surface area contributed by atoms with Crippen LogP contribution in [0.25, 0.3) is 0 Å². The molecule has 0 aliphatic carbocycles. The summed E-state index contributed by atoms with van der Waals surface area (Å²) in [6.07, 6.45) is 1.39. The van der Waals surface area contributed by atoms with Gasteiger partial charge in [0.25, 0.3) is 10.1 Å². The first kappa shape index (κ1) is 18.5. The number of rotatable bonds is 4. The van der Waals surface area contributed by atoms with E-state index >= 15 is 0 Å². The van der Waals surface area contributed by atoms with Crippen LogP contribution in [0.2, 0.25) is 0 Å². The van der Waals surface area contributed by atoms with Gasteiger partial charge in [0.15, 0.2) is 0 Å². The molecule has 0 bridgehead atoms. The quantitative estimate of drug-likeness (QED) is 0.485. The molecule has 0 unspecified atom stereocenters. The van der Waals surface area contributed by atoms with Crippen LogP contribution in [0, 0.1) is 0 Å². The van der Waals surface area contributed by atoms with Crippen molar-refractivity contribution in [2.24, 2.45) is 0 Å². The minimum atomic E-state index is -3.59. The zero-order chi connectivity index (χ0) is 11.7. The summed E-state index contributed by atoms with van der Waals surface area (Å²) in [6, 6.07) is 8.00. The third-order valence-electron chi connectivity index (χ3n) is 1.37. The van der Waals surface area contributed by atoms with Crippen LogP contribution in [0.4, 0.5) is 0 Å². The molecule has 1 aromatic rings. The van der Waals surface area contributed by atoms with Crippen LogP contribution in [0.5, 0.6) is 0 Å². The van der Waals surface area contributed by atoms with E-state index in [1.165, 1.54) is 18.2 Å². The molecule has 0 fully saturated rings. The van der Waals surface area contributed by atoms with Gasteiger partial charge in [0.05, 0.1) is 11.5 Å². The third kappa shape index (κ3) is 6.62. The van der Waals surface area contributed by atoms with Gasteiger partial charge in [-0.1, -0.05) is 24.3 Å². The van der Waals surface area contributed by atoms with Crippen LogP contribution in [0.1, 0.15) is 0 Å². The number of aliphatic hydroxyl groups is 1. The first-order valence-corrected chi connectivity index (χ1v) is 5.58. The molecule has 1 aromatic carbocycles. The molecule has 0 aliphatic heterocycles. The molecular weight excluding hydrogens is 256 g/mol. The summed E-state index contributed by atoms with van der Waals surface area (Å²) in [4.78, 5) is 0.164. The zero-order valence-electron chi connectivity index (χ0n) is 8.46. The van der Waals surface area contributed by atoms with Crippen molar-refractivity contribution in [2.75, 3.05) is 13.7 Å². The van der Waals surface area contributed by atoms with E-state index in [4.69, 9.17) is 5.11 Å². The first-order valence-electron chi connectivity index (χ1n) is 4.17. The molecular formula is C10H16CaO4S. The predicted molar refractivity (Wildman–Crippen MR) is 66.5 cm³/mol. The average Bonchev–Trinajstić information content (AvgIpc) is 2.30. The Hall–Kier alpha value is 0.0897. The van der Waals surface area contributed by atoms with E-state index in [1.807, 2.05) is 0 Å². The molecule has 0 aromatic heterocycles. The van der Waals surface area contributed by atoms with Crippen molar-refractivity contribution >= 4 is 47.9 Å². The van der Waals surface area contributed by atoms with Gasteiger partial charge < -0.3 is 5.11 Å². The molecule has 0 aliphatic rings. The van der Waals surface area contributed by atoms with Crippen molar-refractivity contribution in [3.63, 3.8) is 0 Å². The van der Waals surface area contributed by atoms with E-state index in [9.17, 15) is 8.42 Å². The predicted octanol–water partition coefficient (Wildman–Crippen LogP) is 0.270. The number of aliphatic hydroxyl groups excluding tert-OH is 1. The summed E-state index contributed by atoms with van der Waals surface area (Å²) in [5.41, 5.74) is 0. The normalized spacial score (nSPS) is 9.38. The summed E-state index contributed by atoms with van der Waals surface area (Å²) in [7, 11) is -2.59. The van der Waals surface area contributed by atoms with Crippen molar-refractivity contribution in [2.45, 2.75) is 4.90 Å². The fourth-order valence-electron chi connectivity index (χ4n) is 0.793. The van der Waals surface area contributed by atoms with Crippen LogP contribution in [-0.4, -0.2) is 65.0 Å². The standard InChI is InChI=1S/C9H10O3S.CH4O.Ca.2H/c1-2-8-12-13(10,11)9-6-4-3-5-7-9;1-2;;;/h2-7H,1,8H2;2H,1H3;;;. The van der Waals surface area contributed by atoms with E-state index in [0.29, 0.717) is 0 Å². The summed E-state index contributed by atoms with van der Waals surface area (Å²) in [5.74, 6) is 0. The van der Waals surface area contributed by atoms with Crippen LogP contribution in [0.3, 0.4) is 0 Å². The van der Waals surface area contributed by atoms with Gasteiger partial charge in [-0.15, -0.1) is 6.58 Å². The Morgan fingerprint density at radius 2 is 1.81 bits per heavy atom. The van der Waals surface area contributed by atoms with E-state index in [-0.39, 0.29) is 49.2 Å². The summed E-state index contributed by atoms with van der Waals surface area (Å²) >= 11 is 0. The topological polar surface area (TPSA) is 63.6 Å². The zero-order valence-corrected chi connectivity index (χ0v) is 9.28. The first-order chi connectivity index (χ1) is 7.17. The molecule has 0 saturated heterocycles. The van der Waals surface area contributed by atoms with E-state index < -0.39 is 10.1 Å². The minimum absolute atomic E-state index is 0. The molecule has 1 N–H and O–H groups in total. The Balaban J connectivity index is 0. The van der Waals surface area contributed by atoms with Gasteiger partial charge in [-0.25, -0.2) is 0 Å². The molecule has 0 radical (unpaired) electrons. The molecule has 88 valence electrons. The molecule has 0 spiro atoms. The van der Waals surface area contributed by atoms with E-state index in [2.05, 4.69) is 10.8 Å². The second kappa shape index (κ2) is 10.3. The van der Waals surface area contributed by atoms with Crippen LogP contribution < -0.4 is 0 Å². The Morgan fingerprint density at radius 1 is 1.31 bits per heavy atom. The Bertz CT molecular complexity index is 375. The van der Waals surface area contributed by atoms with Crippen LogP contribution in [0.15, 0.2) is 47.9 Å². The van der Waals surface area contributed by atoms with Gasteiger partial charge in [-0.2, -0.15) is 8.42 Å².